The Balaban J connectivity index is 1.92. The van der Waals surface area contributed by atoms with Crippen LogP contribution in [0.5, 0.6) is 0 Å². The molecule has 42 heavy (non-hydrogen) atoms. The van der Waals surface area contributed by atoms with E-state index in [1.807, 2.05) is 44.2 Å². The number of hydrogen-bond acceptors (Lipinski definition) is 6. The van der Waals surface area contributed by atoms with Crippen molar-refractivity contribution in [3.63, 3.8) is 0 Å². The van der Waals surface area contributed by atoms with Crippen molar-refractivity contribution in [2.45, 2.75) is 66.0 Å². The standard InChI is InChI=1S/C34H38N4O4/c1-7-21-17(3)25-13-26-19(5)23(9-11-33(39)40)31(37-26)16-32-24(10-12-34(41)42)20(6)28(38-32)15-30-22(8-2)18(4)27(36-30)14-29(21)35-25/h7-8,13-16,33-36,39-42H,1-2,9-12H2,3-6H3. The van der Waals surface area contributed by atoms with Gasteiger partial charge in [-0.05, 0) is 98.2 Å². The highest BCUT2D eigenvalue weighted by Crippen LogP contribution is 2.38. The van der Waals surface area contributed by atoms with E-state index in [-0.39, 0.29) is 12.8 Å². The van der Waals surface area contributed by atoms with Crippen LogP contribution in [0.2, 0.25) is 0 Å². The minimum absolute atomic E-state index is 0.168. The zero-order chi connectivity index (χ0) is 30.3. The molecule has 5 rings (SSSR count). The van der Waals surface area contributed by atoms with Crippen molar-refractivity contribution in [1.29, 1.82) is 0 Å². The lowest BCUT2D eigenvalue weighted by Crippen LogP contribution is -2.04. The number of aromatic amines is 2. The van der Waals surface area contributed by atoms with Crippen molar-refractivity contribution >= 4 is 56.5 Å². The quantitative estimate of drug-likeness (QED) is 0.178. The molecule has 2 aliphatic rings. The van der Waals surface area contributed by atoms with Crippen LogP contribution < -0.4 is 0 Å². The fourth-order valence-electron chi connectivity index (χ4n) is 5.85. The second kappa shape index (κ2) is 11.7. The van der Waals surface area contributed by atoms with Crippen molar-refractivity contribution in [1.82, 2.24) is 19.9 Å². The molecule has 0 aromatic carbocycles. The molecule has 0 atom stereocenters. The van der Waals surface area contributed by atoms with Gasteiger partial charge in [0.2, 0.25) is 0 Å². The van der Waals surface area contributed by atoms with Gasteiger partial charge in [-0.15, -0.1) is 0 Å². The summed E-state index contributed by atoms with van der Waals surface area (Å²) < 4.78 is 0. The smallest absolute Gasteiger partial charge is 0.151 e. The maximum atomic E-state index is 9.65. The van der Waals surface area contributed by atoms with Crippen LogP contribution in [0.4, 0.5) is 0 Å². The third kappa shape index (κ3) is 5.42. The first-order chi connectivity index (χ1) is 20.0. The van der Waals surface area contributed by atoms with E-state index < -0.39 is 12.6 Å². The second-order valence-corrected chi connectivity index (χ2v) is 11.0. The maximum Gasteiger partial charge on any atom is 0.151 e. The first-order valence-electron chi connectivity index (χ1n) is 14.2. The highest BCUT2D eigenvalue weighted by Gasteiger charge is 2.22. The van der Waals surface area contributed by atoms with E-state index in [0.717, 1.165) is 78.0 Å². The lowest BCUT2D eigenvalue weighted by molar-refractivity contribution is -0.0444. The Kier molecular flexibility index (Phi) is 8.17. The first-order valence-corrected chi connectivity index (χ1v) is 14.2. The molecule has 218 valence electrons. The van der Waals surface area contributed by atoms with E-state index in [1.54, 1.807) is 0 Å². The Hall–Kier alpha value is -4.08. The summed E-state index contributed by atoms with van der Waals surface area (Å²) in [6, 6.07) is 8.03. The largest absolute Gasteiger partial charge is 0.368 e. The van der Waals surface area contributed by atoms with Gasteiger partial charge in [-0.25, -0.2) is 9.97 Å². The van der Waals surface area contributed by atoms with E-state index in [2.05, 4.69) is 43.0 Å². The van der Waals surface area contributed by atoms with Crippen LogP contribution in [0.1, 0.15) is 84.6 Å². The SMILES string of the molecule is C=Cc1c(C)c2cc3[nH]c(cc4nc(cc5nc(cc1[nH]2)C(C)=C5CCC(O)O)C(CCC(O)O)=C4C)c(C)c3C=C. The van der Waals surface area contributed by atoms with Crippen LogP contribution in [0, 0.1) is 13.8 Å². The summed E-state index contributed by atoms with van der Waals surface area (Å²) in [7, 11) is 0. The third-order valence-electron chi connectivity index (χ3n) is 8.35. The molecular formula is C34H38N4O4. The van der Waals surface area contributed by atoms with E-state index in [1.165, 1.54) is 0 Å². The minimum Gasteiger partial charge on any atom is -0.368 e. The van der Waals surface area contributed by atoms with Gasteiger partial charge in [-0.1, -0.05) is 25.3 Å². The predicted molar refractivity (Wildman–Crippen MR) is 171 cm³/mol. The van der Waals surface area contributed by atoms with Gasteiger partial charge in [-0.2, -0.15) is 0 Å². The lowest BCUT2D eigenvalue weighted by atomic mass is 9.98. The molecule has 0 fully saturated rings. The number of allylic oxidation sites excluding steroid dienone is 4. The number of nitrogens with zero attached hydrogens (tertiary/aromatic N) is 2. The van der Waals surface area contributed by atoms with Crippen molar-refractivity contribution in [2.75, 3.05) is 0 Å². The molecule has 8 bridgehead atoms. The van der Waals surface area contributed by atoms with Gasteiger partial charge >= 0.3 is 0 Å². The van der Waals surface area contributed by atoms with Gasteiger partial charge in [0.25, 0.3) is 0 Å². The summed E-state index contributed by atoms with van der Waals surface area (Å²) in [6.45, 7) is 16.2. The minimum atomic E-state index is -1.44. The van der Waals surface area contributed by atoms with Crippen molar-refractivity contribution in [3.05, 3.63) is 82.5 Å². The van der Waals surface area contributed by atoms with Crippen LogP contribution in [-0.2, 0) is 0 Å². The molecule has 8 heteroatoms. The highest BCUT2D eigenvalue weighted by molar-refractivity contribution is 5.96. The highest BCUT2D eigenvalue weighted by atomic mass is 16.5. The third-order valence-corrected chi connectivity index (χ3v) is 8.35. The Morgan fingerprint density at radius 1 is 0.619 bits per heavy atom. The van der Waals surface area contributed by atoms with Gasteiger partial charge in [-0.3, -0.25) is 0 Å². The fourth-order valence-corrected chi connectivity index (χ4v) is 5.85. The molecule has 0 saturated heterocycles. The monoisotopic (exact) mass is 566 g/mol. The van der Waals surface area contributed by atoms with E-state index >= 15 is 0 Å². The molecule has 5 heterocycles. The molecule has 8 nitrogen and oxygen atoms in total. The van der Waals surface area contributed by atoms with Gasteiger partial charge in [0.05, 0.1) is 22.8 Å². The van der Waals surface area contributed by atoms with Gasteiger partial charge in [0.15, 0.2) is 12.6 Å². The van der Waals surface area contributed by atoms with Crippen LogP contribution in [-0.4, -0.2) is 52.9 Å². The molecule has 0 radical (unpaired) electrons. The first kappa shape index (κ1) is 29.4. The summed E-state index contributed by atoms with van der Waals surface area (Å²) in [4.78, 5) is 17.1. The Labute approximate surface area is 245 Å². The molecule has 2 aliphatic heterocycles. The van der Waals surface area contributed by atoms with Crippen LogP contribution in [0.15, 0.2) is 37.4 Å². The summed E-state index contributed by atoms with van der Waals surface area (Å²) in [5.74, 6) is 0. The Bertz CT molecular complexity index is 1820. The molecule has 3 aromatic rings. The molecule has 0 amide bonds. The van der Waals surface area contributed by atoms with Gasteiger partial charge < -0.3 is 30.4 Å². The normalized spacial score (nSPS) is 13.6. The zero-order valence-corrected chi connectivity index (χ0v) is 24.5. The molecule has 0 spiro atoms. The number of fused-ring (bicyclic) bond motifs is 8. The summed E-state index contributed by atoms with van der Waals surface area (Å²) in [6.07, 6.45) is 2.00. The van der Waals surface area contributed by atoms with Gasteiger partial charge in [0.1, 0.15) is 0 Å². The summed E-state index contributed by atoms with van der Waals surface area (Å²) >= 11 is 0. The number of aryl methyl sites for hydroxylation is 2. The molecule has 0 unspecified atom stereocenters. The molecular weight excluding hydrogens is 528 g/mol. The van der Waals surface area contributed by atoms with E-state index in [0.29, 0.717) is 24.2 Å². The Morgan fingerprint density at radius 3 is 1.45 bits per heavy atom. The van der Waals surface area contributed by atoms with Crippen LogP contribution in [0.25, 0.3) is 56.5 Å². The van der Waals surface area contributed by atoms with Gasteiger partial charge in [0, 0.05) is 46.0 Å². The lowest BCUT2D eigenvalue weighted by Gasteiger charge is -2.08. The molecule has 3 aromatic heterocycles. The topological polar surface area (TPSA) is 138 Å². The maximum absolute atomic E-state index is 9.65. The second-order valence-electron chi connectivity index (χ2n) is 11.0. The number of H-pyrrole nitrogens is 2. The number of aliphatic hydroxyl groups excluding tert-OH is 2. The molecule has 6 N–H and O–H groups in total. The molecule has 0 saturated carbocycles. The van der Waals surface area contributed by atoms with Crippen molar-refractivity contribution < 1.29 is 20.4 Å². The Morgan fingerprint density at radius 2 is 1.02 bits per heavy atom. The van der Waals surface area contributed by atoms with Crippen molar-refractivity contribution in [2.24, 2.45) is 0 Å². The number of aromatic nitrogens is 4. The average Bonchev–Trinajstić information content (AvgIpc) is 3.59. The number of aliphatic hydroxyl groups is 4. The van der Waals surface area contributed by atoms with Crippen molar-refractivity contribution in [3.8, 4) is 0 Å². The number of rotatable bonds is 8. The van der Waals surface area contributed by atoms with Crippen LogP contribution in [0.3, 0.4) is 0 Å². The van der Waals surface area contributed by atoms with E-state index in [9.17, 15) is 20.4 Å². The zero-order valence-electron chi connectivity index (χ0n) is 24.5. The van der Waals surface area contributed by atoms with Crippen LogP contribution >= 0.6 is 0 Å². The summed E-state index contributed by atoms with van der Waals surface area (Å²) in [5.41, 5.74) is 14.4. The fraction of sp³-hybridized carbons (Fsp3) is 0.294. The molecule has 0 aliphatic carbocycles. The summed E-state index contributed by atoms with van der Waals surface area (Å²) in [5, 5.41) is 38.6. The van der Waals surface area contributed by atoms with E-state index in [4.69, 9.17) is 9.97 Å². The number of nitrogens with one attached hydrogen (secondary N) is 2. The average molecular weight is 567 g/mol. The number of hydrogen-bond donors (Lipinski definition) is 6. The predicted octanol–water partition coefficient (Wildman–Crippen LogP) is 6.26.